The lowest BCUT2D eigenvalue weighted by Crippen LogP contribution is -2.54. The Labute approximate surface area is 172 Å². The molecule has 0 aromatic carbocycles. The second-order valence-electron chi connectivity index (χ2n) is 11.1. The summed E-state index contributed by atoms with van der Waals surface area (Å²) < 4.78 is 4.86. The Balaban J connectivity index is 1.51. The smallest absolute Gasteiger partial charge is 0.305 e. The highest BCUT2D eigenvalue weighted by Crippen LogP contribution is 2.68. The highest BCUT2D eigenvalue weighted by Gasteiger charge is 2.60. The van der Waals surface area contributed by atoms with Gasteiger partial charge in [-0.1, -0.05) is 39.3 Å². The van der Waals surface area contributed by atoms with Crippen LogP contribution in [-0.2, 0) is 9.53 Å². The van der Waals surface area contributed by atoms with Crippen molar-refractivity contribution in [2.75, 3.05) is 7.11 Å². The van der Waals surface area contributed by atoms with Crippen molar-refractivity contribution in [3.05, 3.63) is 12.2 Å². The lowest BCUT2D eigenvalue weighted by Gasteiger charge is -2.62. The summed E-state index contributed by atoms with van der Waals surface area (Å²) in [6.45, 7) is 7.72. The molecule has 28 heavy (non-hydrogen) atoms. The number of hydrogen-bond acceptors (Lipinski definition) is 2. The first kappa shape index (κ1) is 20.5. The first-order valence-electron chi connectivity index (χ1n) is 12.2. The first-order chi connectivity index (χ1) is 13.4. The highest BCUT2D eigenvalue weighted by atomic mass is 16.5. The van der Waals surface area contributed by atoms with Crippen LogP contribution in [0.1, 0.15) is 91.4 Å². The van der Waals surface area contributed by atoms with E-state index in [0.29, 0.717) is 17.3 Å². The van der Waals surface area contributed by atoms with Crippen LogP contribution in [0.15, 0.2) is 12.2 Å². The normalized spacial score (nSPS) is 47.1. The molecule has 2 heteroatoms. The molecule has 0 radical (unpaired) electrons. The molecule has 0 aliphatic heterocycles. The maximum atomic E-state index is 11.5. The molecule has 0 aromatic rings. The Morgan fingerprint density at radius 3 is 2.61 bits per heavy atom. The molecule has 0 saturated heterocycles. The molecule has 0 N–H and O–H groups in total. The Morgan fingerprint density at radius 1 is 1.07 bits per heavy atom. The number of carbonyl (C=O) groups is 1. The van der Waals surface area contributed by atoms with Crippen molar-refractivity contribution in [3.8, 4) is 0 Å². The Hall–Kier alpha value is -0.790. The van der Waals surface area contributed by atoms with E-state index in [9.17, 15) is 4.79 Å². The third-order valence-electron chi connectivity index (χ3n) is 10.3. The van der Waals surface area contributed by atoms with Gasteiger partial charge in [-0.05, 0) is 104 Å². The third kappa shape index (κ3) is 3.18. The van der Waals surface area contributed by atoms with Crippen LogP contribution in [0.5, 0.6) is 0 Å². The molecule has 0 spiro atoms. The van der Waals surface area contributed by atoms with Crippen LogP contribution in [0, 0.1) is 46.3 Å². The largest absolute Gasteiger partial charge is 0.469 e. The van der Waals surface area contributed by atoms with Gasteiger partial charge in [0.05, 0.1) is 7.11 Å². The van der Waals surface area contributed by atoms with Crippen molar-refractivity contribution in [1.29, 1.82) is 0 Å². The molecular weight excluding hydrogens is 344 g/mol. The summed E-state index contributed by atoms with van der Waals surface area (Å²) in [6.07, 6.45) is 19.0. The summed E-state index contributed by atoms with van der Waals surface area (Å²) in [5.74, 6) is 5.44. The van der Waals surface area contributed by atoms with Crippen LogP contribution >= 0.6 is 0 Å². The molecule has 0 heterocycles. The van der Waals surface area contributed by atoms with Crippen LogP contribution in [0.3, 0.4) is 0 Å². The van der Waals surface area contributed by atoms with Crippen molar-refractivity contribution in [2.24, 2.45) is 46.3 Å². The van der Waals surface area contributed by atoms with Crippen LogP contribution in [0.2, 0.25) is 0 Å². The summed E-state index contributed by atoms with van der Waals surface area (Å²) in [7, 11) is 1.51. The standard InChI is InChI=1S/C26H42O2/c1-5-18-17-20-22-13-12-19(9-8-11-24(27)28-4)25(22,2)16-14-23(20)26(3)15-7-6-10-21(18)26/h6-7,18-23H,5,8-17H2,1-4H3/t18-,19?,20?,21?,22?,23-,25?,26?/m0/s1. The van der Waals surface area contributed by atoms with E-state index >= 15 is 0 Å². The van der Waals surface area contributed by atoms with Gasteiger partial charge in [-0.25, -0.2) is 0 Å². The number of fused-ring (bicyclic) bond motifs is 5. The van der Waals surface area contributed by atoms with Gasteiger partial charge in [0, 0.05) is 6.42 Å². The second-order valence-corrected chi connectivity index (χ2v) is 11.1. The van der Waals surface area contributed by atoms with Gasteiger partial charge in [-0.15, -0.1) is 0 Å². The maximum absolute atomic E-state index is 11.5. The zero-order chi connectivity index (χ0) is 19.9. The van der Waals surface area contributed by atoms with Gasteiger partial charge in [-0.3, -0.25) is 4.79 Å². The molecular formula is C26H42O2. The van der Waals surface area contributed by atoms with Crippen molar-refractivity contribution in [1.82, 2.24) is 0 Å². The van der Waals surface area contributed by atoms with Gasteiger partial charge in [0.15, 0.2) is 0 Å². The average Bonchev–Trinajstić information content (AvgIpc) is 3.03. The van der Waals surface area contributed by atoms with Crippen LogP contribution in [-0.4, -0.2) is 13.1 Å². The molecule has 8 atom stereocenters. The summed E-state index contributed by atoms with van der Waals surface area (Å²) in [6, 6.07) is 0. The van der Waals surface area contributed by atoms with Gasteiger partial charge in [0.1, 0.15) is 0 Å². The van der Waals surface area contributed by atoms with Gasteiger partial charge >= 0.3 is 5.97 Å². The van der Waals surface area contributed by atoms with Crippen molar-refractivity contribution in [3.63, 3.8) is 0 Å². The third-order valence-corrected chi connectivity index (χ3v) is 10.3. The van der Waals surface area contributed by atoms with E-state index in [-0.39, 0.29) is 5.97 Å². The second kappa shape index (κ2) is 7.80. The molecule has 0 bridgehead atoms. The van der Waals surface area contributed by atoms with Gasteiger partial charge < -0.3 is 4.74 Å². The summed E-state index contributed by atoms with van der Waals surface area (Å²) in [4.78, 5) is 11.5. The van der Waals surface area contributed by atoms with E-state index in [4.69, 9.17) is 4.74 Å². The zero-order valence-corrected chi connectivity index (χ0v) is 18.7. The number of ether oxygens (including phenoxy) is 1. The summed E-state index contributed by atoms with van der Waals surface area (Å²) >= 11 is 0. The van der Waals surface area contributed by atoms with E-state index in [0.717, 1.165) is 41.9 Å². The van der Waals surface area contributed by atoms with Crippen LogP contribution < -0.4 is 0 Å². The SMILES string of the molecule is CC[C@H]1CC2C3CCC(CCCC(=O)OC)C3(C)CC[C@@H]2C2(C)CC=CCC12. The van der Waals surface area contributed by atoms with E-state index in [2.05, 4.69) is 32.9 Å². The number of esters is 1. The fourth-order valence-electron chi connectivity index (χ4n) is 8.74. The molecule has 158 valence electrons. The fourth-order valence-corrected chi connectivity index (χ4v) is 8.74. The van der Waals surface area contributed by atoms with Crippen molar-refractivity contribution in [2.45, 2.75) is 91.4 Å². The minimum absolute atomic E-state index is 0.0363. The molecule has 6 unspecified atom stereocenters. The number of methoxy groups -OCH3 is 1. The Kier molecular flexibility index (Phi) is 5.71. The molecule has 0 amide bonds. The van der Waals surface area contributed by atoms with Crippen molar-refractivity contribution < 1.29 is 9.53 Å². The van der Waals surface area contributed by atoms with Crippen LogP contribution in [0.25, 0.3) is 0 Å². The Bertz CT molecular complexity index is 610. The summed E-state index contributed by atoms with van der Waals surface area (Å²) in [5.41, 5.74) is 1.06. The molecule has 4 aliphatic carbocycles. The Morgan fingerprint density at radius 2 is 1.86 bits per heavy atom. The average molecular weight is 387 g/mol. The number of rotatable bonds is 5. The monoisotopic (exact) mass is 386 g/mol. The van der Waals surface area contributed by atoms with Gasteiger partial charge in [0.2, 0.25) is 0 Å². The molecule has 4 aliphatic rings. The van der Waals surface area contributed by atoms with E-state index in [1.807, 2.05) is 0 Å². The van der Waals surface area contributed by atoms with E-state index in [1.54, 1.807) is 0 Å². The van der Waals surface area contributed by atoms with Crippen molar-refractivity contribution >= 4 is 5.97 Å². The number of carbonyl (C=O) groups excluding carboxylic acids is 1. The molecule has 3 fully saturated rings. The van der Waals surface area contributed by atoms with Gasteiger partial charge in [-0.2, -0.15) is 0 Å². The zero-order valence-electron chi connectivity index (χ0n) is 18.7. The topological polar surface area (TPSA) is 26.3 Å². The fraction of sp³-hybridized carbons (Fsp3) is 0.885. The predicted molar refractivity (Wildman–Crippen MR) is 115 cm³/mol. The molecule has 3 saturated carbocycles. The minimum Gasteiger partial charge on any atom is -0.469 e. The molecule has 0 aromatic heterocycles. The number of hydrogen-bond donors (Lipinski definition) is 0. The van der Waals surface area contributed by atoms with E-state index < -0.39 is 0 Å². The first-order valence-corrected chi connectivity index (χ1v) is 12.2. The lowest BCUT2D eigenvalue weighted by molar-refractivity contribution is -0.141. The maximum Gasteiger partial charge on any atom is 0.305 e. The van der Waals surface area contributed by atoms with Gasteiger partial charge in [0.25, 0.3) is 0 Å². The molecule has 2 nitrogen and oxygen atoms in total. The minimum atomic E-state index is -0.0363. The number of allylic oxidation sites excluding steroid dienone is 2. The van der Waals surface area contributed by atoms with Crippen LogP contribution in [0.4, 0.5) is 0 Å². The highest BCUT2D eigenvalue weighted by molar-refractivity contribution is 5.68. The summed E-state index contributed by atoms with van der Waals surface area (Å²) in [5, 5.41) is 0. The molecule has 4 rings (SSSR count). The van der Waals surface area contributed by atoms with E-state index in [1.165, 1.54) is 64.9 Å². The quantitative estimate of drug-likeness (QED) is 0.384. The predicted octanol–water partition coefficient (Wildman–Crippen LogP) is 6.79. The lowest BCUT2D eigenvalue weighted by atomic mass is 9.43.